The van der Waals surface area contributed by atoms with Gasteiger partial charge in [-0.2, -0.15) is 0 Å². The van der Waals surface area contributed by atoms with Gasteiger partial charge in [0.05, 0.1) is 33.0 Å². The molecule has 0 saturated carbocycles. The first-order valence-corrected chi connectivity index (χ1v) is 11.6. The summed E-state index contributed by atoms with van der Waals surface area (Å²) in [5, 5.41) is 4.51. The molecule has 1 saturated heterocycles. The smallest absolute Gasteiger partial charge is 0.524 e. The van der Waals surface area contributed by atoms with Gasteiger partial charge in [0.15, 0.2) is 0 Å². The highest BCUT2D eigenvalue weighted by molar-refractivity contribution is 7.90. The van der Waals surface area contributed by atoms with Gasteiger partial charge in [-0.15, -0.1) is 13.2 Å². The molecule has 1 aromatic rings. The SMILES string of the molecule is COC1CC(NC(=O)NS(=O)(=O)c2ccccc2CS(=O)(=O)[O-])NC(OC(F)(F)F)C1. The van der Waals surface area contributed by atoms with E-state index in [2.05, 4.69) is 15.4 Å². The minimum atomic E-state index is -4.95. The van der Waals surface area contributed by atoms with Crippen LogP contribution in [0.2, 0.25) is 0 Å². The van der Waals surface area contributed by atoms with E-state index in [0.717, 1.165) is 12.1 Å². The topological polar surface area (TPSA) is 163 Å². The fraction of sp³-hybridized carbons (Fsp3) is 0.533. The van der Waals surface area contributed by atoms with Gasteiger partial charge in [-0.1, -0.05) is 18.2 Å². The highest BCUT2D eigenvalue weighted by atomic mass is 32.2. The van der Waals surface area contributed by atoms with E-state index in [1.54, 1.807) is 4.72 Å². The van der Waals surface area contributed by atoms with Gasteiger partial charge in [-0.3, -0.25) is 10.1 Å². The number of piperidine rings is 1. The van der Waals surface area contributed by atoms with Crippen LogP contribution in [0.5, 0.6) is 0 Å². The molecule has 1 heterocycles. The van der Waals surface area contributed by atoms with Crippen LogP contribution in [0.1, 0.15) is 18.4 Å². The number of sulfonamides is 1. The lowest BCUT2D eigenvalue weighted by Gasteiger charge is -2.35. The summed E-state index contributed by atoms with van der Waals surface area (Å²) in [5.74, 6) is -1.12. The van der Waals surface area contributed by atoms with Crippen LogP contribution in [0, 0.1) is 0 Å². The quantitative estimate of drug-likeness (QED) is 0.456. The molecule has 0 radical (unpaired) electrons. The van der Waals surface area contributed by atoms with Crippen molar-refractivity contribution < 1.29 is 48.8 Å². The first-order chi connectivity index (χ1) is 14.2. The van der Waals surface area contributed by atoms with Gasteiger partial charge in [0.2, 0.25) is 0 Å². The Kier molecular flexibility index (Phi) is 7.88. The van der Waals surface area contributed by atoms with Gasteiger partial charge < -0.3 is 14.6 Å². The molecule has 11 nitrogen and oxygen atoms in total. The largest absolute Gasteiger partial charge is 0.748 e. The van der Waals surface area contributed by atoms with E-state index in [1.165, 1.54) is 19.2 Å². The Bertz CT molecular complexity index is 1000. The van der Waals surface area contributed by atoms with Crippen molar-refractivity contribution in [1.29, 1.82) is 0 Å². The molecule has 3 N–H and O–H groups in total. The third kappa shape index (κ3) is 8.23. The molecule has 31 heavy (non-hydrogen) atoms. The van der Waals surface area contributed by atoms with Crippen LogP contribution in [0.15, 0.2) is 29.2 Å². The van der Waals surface area contributed by atoms with Crippen molar-refractivity contribution in [3.05, 3.63) is 29.8 Å². The number of carbonyl (C=O) groups excluding carboxylic acids is 1. The van der Waals surface area contributed by atoms with Crippen molar-refractivity contribution in [2.75, 3.05) is 7.11 Å². The van der Waals surface area contributed by atoms with Gasteiger partial charge >= 0.3 is 12.4 Å². The molecule has 1 aromatic carbocycles. The summed E-state index contributed by atoms with van der Waals surface area (Å²) < 4.78 is 106. The van der Waals surface area contributed by atoms with Crippen molar-refractivity contribution >= 4 is 26.2 Å². The molecule has 1 aliphatic rings. The lowest BCUT2D eigenvalue weighted by Crippen LogP contribution is -2.59. The highest BCUT2D eigenvalue weighted by Crippen LogP contribution is 2.24. The maximum atomic E-state index is 12.5. The van der Waals surface area contributed by atoms with Crippen LogP contribution in [0.3, 0.4) is 0 Å². The normalized spacial score (nSPS) is 22.7. The Hall–Kier alpha value is -1.98. The van der Waals surface area contributed by atoms with Crippen LogP contribution < -0.4 is 15.4 Å². The molecule has 176 valence electrons. The zero-order valence-electron chi connectivity index (χ0n) is 15.9. The molecule has 3 atom stereocenters. The van der Waals surface area contributed by atoms with E-state index in [1.807, 2.05) is 0 Å². The Balaban J connectivity index is 2.11. The second-order valence-electron chi connectivity index (χ2n) is 6.49. The molecule has 0 aliphatic carbocycles. The van der Waals surface area contributed by atoms with Crippen LogP contribution >= 0.6 is 0 Å². The Morgan fingerprint density at radius 3 is 2.45 bits per heavy atom. The van der Waals surface area contributed by atoms with Crippen molar-refractivity contribution in [3.8, 4) is 0 Å². The molecule has 0 spiro atoms. The van der Waals surface area contributed by atoms with Gasteiger partial charge in [0.25, 0.3) is 10.0 Å². The van der Waals surface area contributed by atoms with Gasteiger partial charge in [0.1, 0.15) is 6.23 Å². The van der Waals surface area contributed by atoms with Crippen molar-refractivity contribution in [3.63, 3.8) is 0 Å². The van der Waals surface area contributed by atoms with Gasteiger partial charge in [-0.05, 0) is 11.6 Å². The lowest BCUT2D eigenvalue weighted by molar-refractivity contribution is -0.351. The average Bonchev–Trinajstić information content (AvgIpc) is 2.58. The summed E-state index contributed by atoms with van der Waals surface area (Å²) in [4.78, 5) is 11.5. The Labute approximate surface area is 176 Å². The second-order valence-corrected chi connectivity index (χ2v) is 9.54. The number of halogens is 3. The third-order valence-electron chi connectivity index (χ3n) is 4.10. The predicted octanol–water partition coefficient (Wildman–Crippen LogP) is 0.307. The maximum Gasteiger partial charge on any atom is 0.524 e. The fourth-order valence-electron chi connectivity index (χ4n) is 2.94. The van der Waals surface area contributed by atoms with E-state index in [4.69, 9.17) is 4.74 Å². The average molecular weight is 490 g/mol. The predicted molar refractivity (Wildman–Crippen MR) is 96.6 cm³/mol. The standard InChI is InChI=1S/C15H20F3N3O8S2/c1-28-10-6-12(19-13(7-10)29-15(16,17)18)20-14(22)21-31(26,27)11-5-3-2-4-9(11)8-30(23,24)25/h2-5,10,12-13,19H,6-8H2,1H3,(H2,20,21,22)(H,23,24,25)/p-1. The van der Waals surface area contributed by atoms with E-state index in [9.17, 15) is 39.4 Å². The van der Waals surface area contributed by atoms with Crippen molar-refractivity contribution in [1.82, 2.24) is 15.4 Å². The van der Waals surface area contributed by atoms with E-state index in [-0.39, 0.29) is 18.4 Å². The van der Waals surface area contributed by atoms with Crippen LogP contribution in [-0.4, -0.2) is 59.4 Å². The zero-order valence-corrected chi connectivity index (χ0v) is 17.5. The molecule has 16 heteroatoms. The molecule has 2 amide bonds. The summed E-state index contributed by atoms with van der Waals surface area (Å²) in [6.45, 7) is 0. The summed E-state index contributed by atoms with van der Waals surface area (Å²) in [5.41, 5.74) is -0.355. The number of methoxy groups -OCH3 is 1. The summed E-state index contributed by atoms with van der Waals surface area (Å²) in [7, 11) is -8.17. The molecule has 2 rings (SSSR count). The van der Waals surface area contributed by atoms with Crippen LogP contribution in [0.4, 0.5) is 18.0 Å². The minimum absolute atomic E-state index is 0.00664. The molecule has 1 fully saturated rings. The van der Waals surface area contributed by atoms with E-state index in [0.29, 0.717) is 0 Å². The van der Waals surface area contributed by atoms with Gasteiger partial charge in [-0.25, -0.2) is 26.4 Å². The number of nitrogens with one attached hydrogen (secondary N) is 3. The minimum Gasteiger partial charge on any atom is -0.748 e. The molecular weight excluding hydrogens is 471 g/mol. The number of hydrogen-bond donors (Lipinski definition) is 3. The number of urea groups is 1. The molecule has 1 aliphatic heterocycles. The Morgan fingerprint density at radius 1 is 1.23 bits per heavy atom. The zero-order chi connectivity index (χ0) is 23.4. The van der Waals surface area contributed by atoms with E-state index >= 15 is 0 Å². The van der Waals surface area contributed by atoms with E-state index < -0.39 is 61.7 Å². The number of benzene rings is 1. The van der Waals surface area contributed by atoms with Crippen LogP contribution in [-0.2, 0) is 35.4 Å². The monoisotopic (exact) mass is 490 g/mol. The maximum absolute atomic E-state index is 12.5. The number of rotatable bonds is 7. The Morgan fingerprint density at radius 2 is 1.87 bits per heavy atom. The second kappa shape index (κ2) is 9.66. The molecule has 0 bridgehead atoms. The summed E-state index contributed by atoms with van der Waals surface area (Å²) in [6, 6.07) is 3.32. The van der Waals surface area contributed by atoms with Crippen molar-refractivity contribution in [2.24, 2.45) is 0 Å². The number of hydrogen-bond acceptors (Lipinski definition) is 9. The first-order valence-electron chi connectivity index (χ1n) is 8.57. The third-order valence-corrected chi connectivity index (χ3v) is 6.19. The van der Waals surface area contributed by atoms with Crippen molar-refractivity contribution in [2.45, 2.75) is 48.3 Å². The molecule has 0 aromatic heterocycles. The molecule has 3 unspecified atom stereocenters. The number of ether oxygens (including phenoxy) is 2. The summed E-state index contributed by atoms with van der Waals surface area (Å²) in [6.07, 6.45) is -8.53. The van der Waals surface area contributed by atoms with Gasteiger partial charge in [0, 0.05) is 20.0 Å². The number of alkyl halides is 3. The highest BCUT2D eigenvalue weighted by Gasteiger charge is 2.39. The van der Waals surface area contributed by atoms with Crippen LogP contribution in [0.25, 0.3) is 0 Å². The number of carbonyl (C=O) groups is 1. The first kappa shape index (κ1) is 25.3. The fourth-order valence-corrected chi connectivity index (χ4v) is 4.82. The number of amides is 2. The lowest BCUT2D eigenvalue weighted by atomic mass is 10.1. The summed E-state index contributed by atoms with van der Waals surface area (Å²) >= 11 is 0. The molecular formula is C15H19F3N3O8S2-.